The van der Waals surface area contributed by atoms with Crippen molar-refractivity contribution in [2.24, 2.45) is 5.92 Å². The van der Waals surface area contributed by atoms with Gasteiger partial charge in [-0.3, -0.25) is 9.59 Å². The lowest BCUT2D eigenvalue weighted by molar-refractivity contribution is -0.150. The van der Waals surface area contributed by atoms with Crippen molar-refractivity contribution in [2.75, 3.05) is 26.4 Å². The highest BCUT2D eigenvalue weighted by Crippen LogP contribution is 2.17. The van der Waals surface area contributed by atoms with Gasteiger partial charge in [0.2, 0.25) is 0 Å². The Bertz CT molecular complexity index is 335. The molecule has 3 atom stereocenters. The van der Waals surface area contributed by atoms with Gasteiger partial charge in [-0.2, -0.15) is 0 Å². The number of carbonyl (C=O) groups excluding carboxylic acids is 2. The molecule has 6 heteroatoms. The predicted molar refractivity (Wildman–Crippen MR) is 69.0 cm³/mol. The van der Waals surface area contributed by atoms with Gasteiger partial charge in [-0.1, -0.05) is 6.92 Å². The summed E-state index contributed by atoms with van der Waals surface area (Å²) in [5.41, 5.74) is 0. The van der Waals surface area contributed by atoms with E-state index in [1.165, 1.54) is 0 Å². The highest BCUT2D eigenvalue weighted by Gasteiger charge is 2.27. The van der Waals surface area contributed by atoms with Crippen molar-refractivity contribution in [3.05, 3.63) is 0 Å². The molecule has 0 radical (unpaired) electrons. The summed E-state index contributed by atoms with van der Waals surface area (Å²) in [7, 11) is 0. The Morgan fingerprint density at radius 1 is 1.15 bits per heavy atom. The van der Waals surface area contributed by atoms with Crippen molar-refractivity contribution in [1.82, 2.24) is 0 Å². The molecule has 0 aromatic heterocycles. The summed E-state index contributed by atoms with van der Waals surface area (Å²) in [5.74, 6) is -0.564. The van der Waals surface area contributed by atoms with Crippen molar-refractivity contribution in [3.63, 3.8) is 0 Å². The summed E-state index contributed by atoms with van der Waals surface area (Å²) in [4.78, 5) is 23.2. The Kier molecular flexibility index (Phi) is 5.79. The average molecular weight is 286 g/mol. The highest BCUT2D eigenvalue weighted by molar-refractivity contribution is 5.72. The molecule has 0 amide bonds. The maximum atomic E-state index is 11.8. The number of hydrogen-bond acceptors (Lipinski definition) is 6. The van der Waals surface area contributed by atoms with Crippen LogP contribution in [0.3, 0.4) is 0 Å². The molecule has 2 aliphatic rings. The van der Waals surface area contributed by atoms with E-state index in [2.05, 4.69) is 0 Å². The molecule has 0 bridgehead atoms. The SMILES string of the molecule is CCC(CCCC(=O)OCC1CO1)C(=O)OCC1CO1. The third-order valence-electron chi connectivity index (χ3n) is 3.41. The Morgan fingerprint density at radius 2 is 1.75 bits per heavy atom. The summed E-state index contributed by atoms with van der Waals surface area (Å²) in [6.45, 7) is 4.00. The fourth-order valence-corrected chi connectivity index (χ4v) is 1.86. The van der Waals surface area contributed by atoms with E-state index in [0.29, 0.717) is 45.7 Å². The molecule has 0 saturated carbocycles. The molecule has 2 heterocycles. The van der Waals surface area contributed by atoms with Crippen molar-refractivity contribution in [2.45, 2.75) is 44.8 Å². The Balaban J connectivity index is 1.54. The second-order valence-electron chi connectivity index (χ2n) is 5.22. The van der Waals surface area contributed by atoms with E-state index in [1.807, 2.05) is 6.92 Å². The normalized spacial score (nSPS) is 24.9. The largest absolute Gasteiger partial charge is 0.463 e. The van der Waals surface area contributed by atoms with Crippen molar-refractivity contribution < 1.29 is 28.5 Å². The summed E-state index contributed by atoms with van der Waals surface area (Å²) >= 11 is 0. The van der Waals surface area contributed by atoms with E-state index in [0.717, 1.165) is 6.42 Å². The maximum Gasteiger partial charge on any atom is 0.309 e. The van der Waals surface area contributed by atoms with Crippen LogP contribution < -0.4 is 0 Å². The molecular weight excluding hydrogens is 264 g/mol. The summed E-state index contributed by atoms with van der Waals surface area (Å²) in [5, 5.41) is 0. The third-order valence-corrected chi connectivity index (χ3v) is 3.41. The molecule has 2 aliphatic heterocycles. The van der Waals surface area contributed by atoms with Gasteiger partial charge in [0.1, 0.15) is 25.4 Å². The van der Waals surface area contributed by atoms with Gasteiger partial charge in [0.05, 0.1) is 19.1 Å². The van der Waals surface area contributed by atoms with E-state index < -0.39 is 0 Å². The van der Waals surface area contributed by atoms with Gasteiger partial charge in [-0.25, -0.2) is 0 Å². The standard InChI is InChI=1S/C14H22O6/c1-2-10(14(16)20-9-12-7-18-12)4-3-5-13(15)19-8-11-6-17-11/h10-12H,2-9H2,1H3. The van der Waals surface area contributed by atoms with Gasteiger partial charge < -0.3 is 18.9 Å². The van der Waals surface area contributed by atoms with Crippen molar-refractivity contribution in [3.8, 4) is 0 Å². The number of epoxide rings is 2. The van der Waals surface area contributed by atoms with Crippen molar-refractivity contribution >= 4 is 11.9 Å². The zero-order valence-electron chi connectivity index (χ0n) is 11.8. The molecule has 0 aromatic rings. The van der Waals surface area contributed by atoms with E-state index >= 15 is 0 Å². The number of esters is 2. The lowest BCUT2D eigenvalue weighted by Crippen LogP contribution is -2.20. The van der Waals surface area contributed by atoms with Crippen LogP contribution in [-0.4, -0.2) is 50.6 Å². The van der Waals surface area contributed by atoms with Gasteiger partial charge in [0.25, 0.3) is 0 Å². The van der Waals surface area contributed by atoms with E-state index in [1.54, 1.807) is 0 Å². The minimum absolute atomic E-state index is 0.0936. The van der Waals surface area contributed by atoms with Crippen LogP contribution >= 0.6 is 0 Å². The quantitative estimate of drug-likeness (QED) is 0.441. The first-order valence-electron chi connectivity index (χ1n) is 7.24. The molecule has 3 unspecified atom stereocenters. The lowest BCUT2D eigenvalue weighted by Gasteiger charge is -2.13. The summed E-state index contributed by atoms with van der Waals surface area (Å²) in [6.07, 6.45) is 2.53. The Hall–Kier alpha value is -1.14. The second kappa shape index (κ2) is 7.59. The van der Waals surface area contributed by atoms with E-state index in [-0.39, 0.29) is 30.1 Å². The Labute approximate surface area is 118 Å². The molecule has 114 valence electrons. The van der Waals surface area contributed by atoms with Gasteiger partial charge in [0, 0.05) is 6.42 Å². The molecule has 6 nitrogen and oxygen atoms in total. The van der Waals surface area contributed by atoms with Gasteiger partial charge >= 0.3 is 11.9 Å². The molecular formula is C14H22O6. The smallest absolute Gasteiger partial charge is 0.309 e. The average Bonchev–Trinajstić information content (AvgIpc) is 3.32. The number of rotatable bonds is 10. The van der Waals surface area contributed by atoms with Crippen LogP contribution in [0.1, 0.15) is 32.6 Å². The number of ether oxygens (including phenoxy) is 4. The molecule has 2 rings (SSSR count). The Morgan fingerprint density at radius 3 is 2.30 bits per heavy atom. The molecule has 0 spiro atoms. The van der Waals surface area contributed by atoms with Gasteiger partial charge in [-0.05, 0) is 19.3 Å². The molecule has 2 saturated heterocycles. The van der Waals surface area contributed by atoms with Crippen LogP contribution in [-0.2, 0) is 28.5 Å². The van der Waals surface area contributed by atoms with Gasteiger partial charge in [-0.15, -0.1) is 0 Å². The molecule has 20 heavy (non-hydrogen) atoms. The van der Waals surface area contributed by atoms with Crippen LogP contribution in [0.2, 0.25) is 0 Å². The monoisotopic (exact) mass is 286 g/mol. The first-order valence-corrected chi connectivity index (χ1v) is 7.24. The summed E-state index contributed by atoms with van der Waals surface area (Å²) in [6, 6.07) is 0. The van der Waals surface area contributed by atoms with Crippen LogP contribution in [0, 0.1) is 5.92 Å². The zero-order chi connectivity index (χ0) is 14.4. The molecule has 0 aromatic carbocycles. The second-order valence-corrected chi connectivity index (χ2v) is 5.22. The number of carbonyl (C=O) groups is 2. The first-order chi connectivity index (χ1) is 9.69. The maximum absolute atomic E-state index is 11.8. The van der Waals surface area contributed by atoms with Crippen LogP contribution in [0.25, 0.3) is 0 Å². The fourth-order valence-electron chi connectivity index (χ4n) is 1.86. The minimum atomic E-state index is -0.227. The fraction of sp³-hybridized carbons (Fsp3) is 0.857. The topological polar surface area (TPSA) is 77.7 Å². The first kappa shape index (κ1) is 15.3. The van der Waals surface area contributed by atoms with E-state index in [9.17, 15) is 9.59 Å². The highest BCUT2D eigenvalue weighted by atomic mass is 16.6. The predicted octanol–water partition coefficient (Wildman–Crippen LogP) is 1.07. The van der Waals surface area contributed by atoms with Crippen LogP contribution in [0.5, 0.6) is 0 Å². The minimum Gasteiger partial charge on any atom is -0.463 e. The zero-order valence-corrected chi connectivity index (χ0v) is 11.8. The molecule has 0 N–H and O–H groups in total. The summed E-state index contributed by atoms with van der Waals surface area (Å²) < 4.78 is 20.1. The molecule has 2 fully saturated rings. The van der Waals surface area contributed by atoms with Crippen LogP contribution in [0.15, 0.2) is 0 Å². The van der Waals surface area contributed by atoms with Gasteiger partial charge in [0.15, 0.2) is 0 Å². The van der Waals surface area contributed by atoms with E-state index in [4.69, 9.17) is 18.9 Å². The van der Waals surface area contributed by atoms with Crippen LogP contribution in [0.4, 0.5) is 0 Å². The van der Waals surface area contributed by atoms with Crippen molar-refractivity contribution in [1.29, 1.82) is 0 Å². The lowest BCUT2D eigenvalue weighted by atomic mass is 9.99. The third kappa shape index (κ3) is 5.88. The molecule has 0 aliphatic carbocycles. The number of hydrogen-bond donors (Lipinski definition) is 0.